The minimum atomic E-state index is 0.219. The molecule has 0 amide bonds. The Morgan fingerprint density at radius 1 is 1.00 bits per heavy atom. The molecule has 0 aromatic heterocycles. The van der Waals surface area contributed by atoms with Gasteiger partial charge in [0.25, 0.3) is 0 Å². The molecule has 2 aromatic rings. The first-order valence-electron chi connectivity index (χ1n) is 6.86. The minimum Gasteiger partial charge on any atom is -0.491 e. The topological polar surface area (TPSA) is 21.3 Å². The molecule has 1 aliphatic rings. The van der Waals surface area contributed by atoms with Crippen LogP contribution in [-0.2, 0) is 6.42 Å². The van der Waals surface area contributed by atoms with Gasteiger partial charge in [0.2, 0.25) is 0 Å². The molecule has 0 saturated carbocycles. The zero-order valence-corrected chi connectivity index (χ0v) is 11.4. The molecule has 1 aliphatic heterocycles. The van der Waals surface area contributed by atoms with Gasteiger partial charge in [-0.15, -0.1) is 0 Å². The van der Waals surface area contributed by atoms with Crippen LogP contribution in [0, 0.1) is 0 Å². The Morgan fingerprint density at radius 3 is 2.47 bits per heavy atom. The fourth-order valence-electron chi connectivity index (χ4n) is 2.48. The summed E-state index contributed by atoms with van der Waals surface area (Å²) in [6.45, 7) is 5.14. The van der Waals surface area contributed by atoms with E-state index in [1.54, 1.807) is 0 Å². The summed E-state index contributed by atoms with van der Waals surface area (Å²) >= 11 is 0. The highest BCUT2D eigenvalue weighted by atomic mass is 16.5. The quantitative estimate of drug-likeness (QED) is 0.888. The summed E-state index contributed by atoms with van der Waals surface area (Å²) in [7, 11) is 0. The third-order valence-corrected chi connectivity index (χ3v) is 3.37. The lowest BCUT2D eigenvalue weighted by atomic mass is 10.0. The molecule has 1 N–H and O–H groups in total. The van der Waals surface area contributed by atoms with E-state index in [-0.39, 0.29) is 6.10 Å². The van der Waals surface area contributed by atoms with E-state index in [0.29, 0.717) is 0 Å². The summed E-state index contributed by atoms with van der Waals surface area (Å²) < 4.78 is 5.67. The van der Waals surface area contributed by atoms with Crippen LogP contribution in [0.15, 0.2) is 42.5 Å². The van der Waals surface area contributed by atoms with Gasteiger partial charge in [0.15, 0.2) is 0 Å². The normalized spacial score (nSPS) is 13.2. The Hall–Kier alpha value is -1.96. The molecule has 98 valence electrons. The molecule has 0 atom stereocenters. The Balaban J connectivity index is 1.86. The maximum Gasteiger partial charge on any atom is 0.119 e. The van der Waals surface area contributed by atoms with Crippen LogP contribution in [0.2, 0.25) is 0 Å². The molecule has 19 heavy (non-hydrogen) atoms. The zero-order valence-electron chi connectivity index (χ0n) is 11.4. The summed E-state index contributed by atoms with van der Waals surface area (Å²) in [6.07, 6.45) is 1.34. The second-order valence-electron chi connectivity index (χ2n) is 5.24. The van der Waals surface area contributed by atoms with E-state index in [1.807, 2.05) is 26.0 Å². The maximum absolute atomic E-state index is 5.67. The highest BCUT2D eigenvalue weighted by Crippen LogP contribution is 2.29. The smallest absolute Gasteiger partial charge is 0.119 e. The Morgan fingerprint density at radius 2 is 1.74 bits per heavy atom. The number of nitrogens with one attached hydrogen (secondary N) is 1. The van der Waals surface area contributed by atoms with Crippen LogP contribution in [0.25, 0.3) is 11.1 Å². The molecule has 0 aliphatic carbocycles. The van der Waals surface area contributed by atoms with E-state index in [4.69, 9.17) is 4.74 Å². The number of benzene rings is 2. The van der Waals surface area contributed by atoms with Crippen molar-refractivity contribution in [3.05, 3.63) is 48.0 Å². The number of hydrogen-bond donors (Lipinski definition) is 1. The van der Waals surface area contributed by atoms with Gasteiger partial charge in [-0.05, 0) is 61.2 Å². The lowest BCUT2D eigenvalue weighted by molar-refractivity contribution is 0.242. The largest absolute Gasteiger partial charge is 0.491 e. The van der Waals surface area contributed by atoms with Gasteiger partial charge >= 0.3 is 0 Å². The fourth-order valence-corrected chi connectivity index (χ4v) is 2.48. The second-order valence-corrected chi connectivity index (χ2v) is 5.24. The van der Waals surface area contributed by atoms with Crippen LogP contribution < -0.4 is 10.1 Å². The lowest BCUT2D eigenvalue weighted by Crippen LogP contribution is -2.05. The molecule has 0 radical (unpaired) electrons. The van der Waals surface area contributed by atoms with Gasteiger partial charge in [-0.2, -0.15) is 0 Å². The molecular weight excluding hydrogens is 234 g/mol. The number of fused-ring (bicyclic) bond motifs is 1. The van der Waals surface area contributed by atoms with Crippen molar-refractivity contribution in [1.82, 2.24) is 0 Å². The monoisotopic (exact) mass is 253 g/mol. The number of anilines is 1. The molecule has 0 bridgehead atoms. The van der Waals surface area contributed by atoms with Gasteiger partial charge in [0.05, 0.1) is 6.10 Å². The first-order chi connectivity index (χ1) is 9.22. The van der Waals surface area contributed by atoms with Crippen molar-refractivity contribution in [3.8, 4) is 16.9 Å². The van der Waals surface area contributed by atoms with Crippen LogP contribution in [0.5, 0.6) is 5.75 Å². The highest BCUT2D eigenvalue weighted by Gasteiger charge is 2.10. The SMILES string of the molecule is CC(C)Oc1ccc(-c2ccc3c(c2)CCN3)cc1. The van der Waals surface area contributed by atoms with E-state index in [1.165, 1.54) is 22.4 Å². The number of rotatable bonds is 3. The van der Waals surface area contributed by atoms with Crippen LogP contribution >= 0.6 is 0 Å². The minimum absolute atomic E-state index is 0.219. The van der Waals surface area contributed by atoms with E-state index in [0.717, 1.165) is 18.7 Å². The van der Waals surface area contributed by atoms with Crippen molar-refractivity contribution >= 4 is 5.69 Å². The Labute approximate surface area is 114 Å². The van der Waals surface area contributed by atoms with Crippen molar-refractivity contribution < 1.29 is 4.74 Å². The third kappa shape index (κ3) is 2.58. The van der Waals surface area contributed by atoms with Gasteiger partial charge in [0, 0.05) is 12.2 Å². The summed E-state index contributed by atoms with van der Waals surface area (Å²) in [5.74, 6) is 0.932. The Kier molecular flexibility index (Phi) is 3.16. The molecule has 0 saturated heterocycles. The van der Waals surface area contributed by atoms with Crippen molar-refractivity contribution in [2.45, 2.75) is 26.4 Å². The van der Waals surface area contributed by atoms with Crippen LogP contribution in [0.1, 0.15) is 19.4 Å². The van der Waals surface area contributed by atoms with Crippen molar-refractivity contribution in [2.24, 2.45) is 0 Å². The predicted molar refractivity (Wildman–Crippen MR) is 79.8 cm³/mol. The van der Waals surface area contributed by atoms with Crippen LogP contribution in [-0.4, -0.2) is 12.6 Å². The van der Waals surface area contributed by atoms with Crippen molar-refractivity contribution in [2.75, 3.05) is 11.9 Å². The fraction of sp³-hybridized carbons (Fsp3) is 0.294. The van der Waals surface area contributed by atoms with Gasteiger partial charge in [-0.3, -0.25) is 0 Å². The summed E-state index contributed by atoms with van der Waals surface area (Å²) in [5.41, 5.74) is 5.22. The molecule has 0 spiro atoms. The third-order valence-electron chi connectivity index (χ3n) is 3.37. The molecule has 2 aromatic carbocycles. The standard InChI is InChI=1S/C17H19NO/c1-12(2)19-16-6-3-13(4-7-16)14-5-8-17-15(11-14)9-10-18-17/h3-8,11-12,18H,9-10H2,1-2H3. The summed E-state index contributed by atoms with van der Waals surface area (Å²) in [6, 6.07) is 15.0. The van der Waals surface area contributed by atoms with E-state index >= 15 is 0 Å². The number of hydrogen-bond acceptors (Lipinski definition) is 2. The number of ether oxygens (including phenoxy) is 1. The van der Waals surface area contributed by atoms with E-state index in [2.05, 4.69) is 35.6 Å². The Bertz CT molecular complexity index is 572. The first-order valence-corrected chi connectivity index (χ1v) is 6.86. The molecule has 2 nitrogen and oxygen atoms in total. The van der Waals surface area contributed by atoms with Gasteiger partial charge in [0.1, 0.15) is 5.75 Å². The van der Waals surface area contributed by atoms with Gasteiger partial charge < -0.3 is 10.1 Å². The molecular formula is C17H19NO. The molecule has 2 heteroatoms. The maximum atomic E-state index is 5.67. The molecule has 3 rings (SSSR count). The average molecular weight is 253 g/mol. The van der Waals surface area contributed by atoms with Gasteiger partial charge in [-0.1, -0.05) is 18.2 Å². The molecule has 0 unspecified atom stereocenters. The van der Waals surface area contributed by atoms with Crippen molar-refractivity contribution in [3.63, 3.8) is 0 Å². The van der Waals surface area contributed by atoms with E-state index < -0.39 is 0 Å². The van der Waals surface area contributed by atoms with Crippen LogP contribution in [0.4, 0.5) is 5.69 Å². The van der Waals surface area contributed by atoms with Gasteiger partial charge in [-0.25, -0.2) is 0 Å². The lowest BCUT2D eigenvalue weighted by Gasteiger charge is -2.10. The zero-order chi connectivity index (χ0) is 13.2. The first kappa shape index (κ1) is 12.1. The summed E-state index contributed by atoms with van der Waals surface area (Å²) in [4.78, 5) is 0. The second kappa shape index (κ2) is 4.96. The molecule has 1 heterocycles. The molecule has 0 fully saturated rings. The van der Waals surface area contributed by atoms with Crippen LogP contribution in [0.3, 0.4) is 0 Å². The average Bonchev–Trinajstić information content (AvgIpc) is 2.86. The van der Waals surface area contributed by atoms with E-state index in [9.17, 15) is 0 Å². The highest BCUT2D eigenvalue weighted by molar-refractivity contribution is 5.70. The predicted octanol–water partition coefficient (Wildman–Crippen LogP) is 4.11. The van der Waals surface area contributed by atoms with Crippen molar-refractivity contribution in [1.29, 1.82) is 0 Å². The summed E-state index contributed by atoms with van der Waals surface area (Å²) in [5, 5.41) is 3.39.